The van der Waals surface area contributed by atoms with E-state index in [1.54, 1.807) is 18.2 Å². The van der Waals surface area contributed by atoms with Gasteiger partial charge in [-0.2, -0.15) is 0 Å². The molecule has 1 N–H and O–H groups in total. The van der Waals surface area contributed by atoms with Crippen LogP contribution in [0.1, 0.15) is 13.3 Å². The van der Waals surface area contributed by atoms with Gasteiger partial charge in [0.15, 0.2) is 0 Å². The largest absolute Gasteiger partial charge is 0.326 e. The summed E-state index contributed by atoms with van der Waals surface area (Å²) in [5.74, 6) is 0.000556. The lowest BCUT2D eigenvalue weighted by molar-refractivity contribution is -0.115. The van der Waals surface area contributed by atoms with Crippen molar-refractivity contribution >= 4 is 24.9 Å². The molecule has 0 aliphatic carbocycles. The maximum absolute atomic E-state index is 10.9. The van der Waals surface area contributed by atoms with E-state index in [0.29, 0.717) is 11.9 Å². The molecule has 0 unspecified atom stereocenters. The minimum Gasteiger partial charge on any atom is -0.326 e. The van der Waals surface area contributed by atoms with Crippen LogP contribution in [-0.4, -0.2) is 13.8 Å². The van der Waals surface area contributed by atoms with Crippen LogP contribution in [0.5, 0.6) is 0 Å². The molecule has 1 aromatic carbocycles. The van der Waals surface area contributed by atoms with Crippen LogP contribution in [0.2, 0.25) is 0 Å². The minimum absolute atomic E-state index is 0.000556. The molecule has 0 saturated carbocycles. The van der Waals surface area contributed by atoms with Crippen molar-refractivity contribution in [2.75, 3.05) is 5.32 Å². The fourth-order valence-corrected chi connectivity index (χ4v) is 0.866. The SMILES string of the molecule is [B]c1cccc(NC(=O)CC)c1. The van der Waals surface area contributed by atoms with Gasteiger partial charge in [-0.15, -0.1) is 0 Å². The van der Waals surface area contributed by atoms with Gasteiger partial charge in [-0.1, -0.05) is 24.5 Å². The van der Waals surface area contributed by atoms with Crippen LogP contribution in [0.25, 0.3) is 0 Å². The summed E-state index contributed by atoms with van der Waals surface area (Å²) in [6.45, 7) is 1.81. The van der Waals surface area contributed by atoms with Gasteiger partial charge in [-0.25, -0.2) is 0 Å². The Kier molecular flexibility index (Phi) is 2.91. The Balaban J connectivity index is 2.69. The quantitative estimate of drug-likeness (QED) is 0.636. The molecule has 0 heterocycles. The molecule has 2 nitrogen and oxygen atoms in total. The Morgan fingerprint density at radius 1 is 1.58 bits per heavy atom. The number of benzene rings is 1. The van der Waals surface area contributed by atoms with Crippen LogP contribution in [0.4, 0.5) is 5.69 Å². The maximum atomic E-state index is 10.9. The fourth-order valence-electron chi connectivity index (χ4n) is 0.866. The summed E-state index contributed by atoms with van der Waals surface area (Å²) in [6.07, 6.45) is 0.481. The molecule has 0 aromatic heterocycles. The van der Waals surface area contributed by atoms with E-state index in [1.807, 2.05) is 13.0 Å². The Morgan fingerprint density at radius 2 is 2.33 bits per heavy atom. The lowest BCUT2D eigenvalue weighted by atomic mass is 9.96. The average Bonchev–Trinajstić information content (AvgIpc) is 2.04. The third-order valence-electron chi connectivity index (χ3n) is 1.49. The van der Waals surface area contributed by atoms with Gasteiger partial charge in [0, 0.05) is 12.1 Å². The molecule has 0 saturated heterocycles. The summed E-state index contributed by atoms with van der Waals surface area (Å²) in [6, 6.07) is 7.12. The van der Waals surface area contributed by atoms with Gasteiger partial charge in [0.25, 0.3) is 0 Å². The second-order valence-electron chi connectivity index (χ2n) is 2.53. The summed E-state index contributed by atoms with van der Waals surface area (Å²) >= 11 is 0. The number of rotatable bonds is 2. The predicted molar refractivity (Wildman–Crippen MR) is 50.8 cm³/mol. The minimum atomic E-state index is 0.000556. The van der Waals surface area contributed by atoms with E-state index >= 15 is 0 Å². The molecular formula is C9H10BNO. The Morgan fingerprint density at radius 3 is 2.92 bits per heavy atom. The number of anilines is 1. The van der Waals surface area contributed by atoms with Crippen molar-refractivity contribution < 1.29 is 4.79 Å². The normalized spacial score (nSPS) is 9.42. The first-order valence-electron chi connectivity index (χ1n) is 3.87. The highest BCUT2D eigenvalue weighted by molar-refractivity contribution is 6.32. The van der Waals surface area contributed by atoms with E-state index in [1.165, 1.54) is 0 Å². The van der Waals surface area contributed by atoms with Gasteiger partial charge < -0.3 is 5.32 Å². The second kappa shape index (κ2) is 3.95. The standard InChI is InChI=1S/C9H10BNO/c1-2-9(12)11-8-5-3-4-7(10)6-8/h3-6H,2H2,1H3,(H,11,12). The van der Waals surface area contributed by atoms with Gasteiger partial charge in [0.1, 0.15) is 7.85 Å². The number of hydrogen-bond acceptors (Lipinski definition) is 1. The highest BCUT2D eigenvalue weighted by Crippen LogP contribution is 2.03. The van der Waals surface area contributed by atoms with E-state index in [2.05, 4.69) is 5.32 Å². The predicted octanol–water partition coefficient (Wildman–Crippen LogP) is 0.829. The van der Waals surface area contributed by atoms with Crippen molar-refractivity contribution in [3.8, 4) is 0 Å². The molecule has 1 rings (SSSR count). The van der Waals surface area contributed by atoms with Crippen LogP contribution in [-0.2, 0) is 4.79 Å². The van der Waals surface area contributed by atoms with Crippen LogP contribution < -0.4 is 10.8 Å². The number of nitrogens with one attached hydrogen (secondary N) is 1. The Bertz CT molecular complexity index is 286. The second-order valence-corrected chi connectivity index (χ2v) is 2.53. The van der Waals surface area contributed by atoms with Crippen LogP contribution >= 0.6 is 0 Å². The van der Waals surface area contributed by atoms with Crippen LogP contribution in [0.3, 0.4) is 0 Å². The van der Waals surface area contributed by atoms with Gasteiger partial charge in [-0.05, 0) is 12.1 Å². The fraction of sp³-hybridized carbons (Fsp3) is 0.222. The van der Waals surface area contributed by atoms with Crippen molar-refractivity contribution in [3.05, 3.63) is 24.3 Å². The Labute approximate surface area is 73.4 Å². The number of carbonyl (C=O) groups is 1. The number of carbonyl (C=O) groups excluding carboxylic acids is 1. The zero-order chi connectivity index (χ0) is 8.97. The molecule has 3 heteroatoms. The summed E-state index contributed by atoms with van der Waals surface area (Å²) in [4.78, 5) is 10.9. The number of amides is 1. The molecule has 12 heavy (non-hydrogen) atoms. The molecule has 0 bridgehead atoms. The topological polar surface area (TPSA) is 29.1 Å². The molecule has 1 aromatic rings. The molecule has 0 spiro atoms. The third-order valence-corrected chi connectivity index (χ3v) is 1.49. The van der Waals surface area contributed by atoms with Crippen LogP contribution in [0.15, 0.2) is 24.3 Å². The molecule has 2 radical (unpaired) electrons. The average molecular weight is 159 g/mol. The van der Waals surface area contributed by atoms with Crippen molar-refractivity contribution in [2.45, 2.75) is 13.3 Å². The molecule has 0 aliphatic heterocycles. The summed E-state index contributed by atoms with van der Waals surface area (Å²) in [5, 5.41) is 2.71. The number of hydrogen-bond donors (Lipinski definition) is 1. The lowest BCUT2D eigenvalue weighted by Gasteiger charge is -2.03. The maximum Gasteiger partial charge on any atom is 0.224 e. The van der Waals surface area contributed by atoms with Crippen molar-refractivity contribution in [3.63, 3.8) is 0 Å². The lowest BCUT2D eigenvalue weighted by Crippen LogP contribution is -2.11. The Hall–Kier alpha value is -1.25. The zero-order valence-electron chi connectivity index (χ0n) is 7.00. The molecule has 60 valence electrons. The molecule has 1 amide bonds. The molecule has 0 aliphatic rings. The van der Waals surface area contributed by atoms with E-state index in [4.69, 9.17) is 7.85 Å². The van der Waals surface area contributed by atoms with Crippen molar-refractivity contribution in [2.24, 2.45) is 0 Å². The summed E-state index contributed by atoms with van der Waals surface area (Å²) in [7, 11) is 5.52. The highest BCUT2D eigenvalue weighted by Gasteiger charge is 1.96. The first kappa shape index (κ1) is 8.85. The molecule has 0 fully saturated rings. The monoisotopic (exact) mass is 159 g/mol. The zero-order valence-corrected chi connectivity index (χ0v) is 7.00. The third kappa shape index (κ3) is 2.42. The molecule has 0 atom stereocenters. The van der Waals surface area contributed by atoms with Crippen molar-refractivity contribution in [1.29, 1.82) is 0 Å². The van der Waals surface area contributed by atoms with E-state index < -0.39 is 0 Å². The van der Waals surface area contributed by atoms with E-state index in [9.17, 15) is 4.79 Å². The smallest absolute Gasteiger partial charge is 0.224 e. The molecular weight excluding hydrogens is 149 g/mol. The first-order chi connectivity index (χ1) is 5.72. The van der Waals surface area contributed by atoms with E-state index in [-0.39, 0.29) is 5.91 Å². The highest BCUT2D eigenvalue weighted by atomic mass is 16.1. The summed E-state index contributed by atoms with van der Waals surface area (Å²) in [5.41, 5.74) is 1.41. The van der Waals surface area contributed by atoms with Gasteiger partial charge in [0.2, 0.25) is 5.91 Å². The summed E-state index contributed by atoms with van der Waals surface area (Å²) < 4.78 is 0. The van der Waals surface area contributed by atoms with Crippen LogP contribution in [0, 0.1) is 0 Å². The van der Waals surface area contributed by atoms with Gasteiger partial charge in [0.05, 0.1) is 0 Å². The first-order valence-corrected chi connectivity index (χ1v) is 3.87. The van der Waals surface area contributed by atoms with Crippen molar-refractivity contribution in [1.82, 2.24) is 0 Å². The van der Waals surface area contributed by atoms with E-state index in [0.717, 1.165) is 5.69 Å². The van der Waals surface area contributed by atoms with Gasteiger partial charge >= 0.3 is 0 Å². The van der Waals surface area contributed by atoms with Gasteiger partial charge in [-0.3, -0.25) is 4.79 Å².